The molecule has 2 aromatic heterocycles. The van der Waals surface area contributed by atoms with Gasteiger partial charge in [0.2, 0.25) is 0 Å². The molecule has 0 unspecified atom stereocenters. The second-order valence-electron chi connectivity index (χ2n) is 31.9. The lowest BCUT2D eigenvalue weighted by atomic mass is 9.87. The summed E-state index contributed by atoms with van der Waals surface area (Å²) in [6.07, 6.45) is 0. The molecule has 0 spiro atoms. The number of aromatic nitrogens is 2. The van der Waals surface area contributed by atoms with Crippen molar-refractivity contribution in [2.75, 3.05) is 9.80 Å². The van der Waals surface area contributed by atoms with E-state index >= 15 is 0 Å². The molecule has 0 aliphatic carbocycles. The van der Waals surface area contributed by atoms with Gasteiger partial charge in [-0.3, -0.25) is 0 Å². The molecule has 570 valence electrons. The summed E-state index contributed by atoms with van der Waals surface area (Å²) in [5, 5.41) is 14.6. The first-order chi connectivity index (χ1) is 60.5. The number of fused-ring (bicyclic) bond motifs is 12. The summed E-state index contributed by atoms with van der Waals surface area (Å²) < 4.78 is 4.83. The Bertz CT molecular complexity index is 7800. The molecule has 0 amide bonds. The topological polar surface area (TPSA) is 16.3 Å². The van der Waals surface area contributed by atoms with Crippen LogP contribution in [0, 0.1) is 0 Å². The number of hydrogen-bond acceptors (Lipinski definition) is 2. The van der Waals surface area contributed by atoms with Gasteiger partial charge in [-0.2, -0.15) is 0 Å². The van der Waals surface area contributed by atoms with Crippen LogP contribution in [0.3, 0.4) is 0 Å². The van der Waals surface area contributed by atoms with E-state index in [1.54, 1.807) is 0 Å². The van der Waals surface area contributed by atoms with Gasteiger partial charge >= 0.3 is 0 Å². The minimum atomic E-state index is 1.04. The Balaban J connectivity index is 0.639. The van der Waals surface area contributed by atoms with Crippen molar-refractivity contribution in [2.45, 2.75) is 0 Å². The van der Waals surface area contributed by atoms with Crippen molar-refractivity contribution < 1.29 is 0 Å². The standard InChI is InChI=1S/C118H78N4/c1-5-26-79(27-6-1)88-60-71-117(112(75-88)83-32-11-4-12-33-83)120(97-36-24-38-99(78-97)122-115-48-21-17-42-108(115)109-43-18-22-49-116(109)122)95-63-54-85(55-64-95)101-44-25-45-103-104(101)67-58-86-50-51-89(76-111(86)103)102-69-70-105-100-39-14-13-34-84(100)59-68-110(105)118(102)87-56-65-94(66-57-87)119(96-35-23-37-98(77-96)121-113-46-19-15-40-106(113)107-41-16-20-47-114(107)121)93-61-52-82(53-62-93)92-73-90(80-28-7-2-8-29-80)72-91(74-92)81-30-9-3-10-31-81/h1-78H. The average Bonchev–Trinajstić information content (AvgIpc) is 1.29. The van der Waals surface area contributed by atoms with Crippen LogP contribution in [0.5, 0.6) is 0 Å². The maximum atomic E-state index is 2.45. The van der Waals surface area contributed by atoms with Gasteiger partial charge < -0.3 is 18.9 Å². The second-order valence-corrected chi connectivity index (χ2v) is 31.9. The highest BCUT2D eigenvalue weighted by atomic mass is 15.2. The van der Waals surface area contributed by atoms with E-state index in [1.807, 2.05) is 0 Å². The van der Waals surface area contributed by atoms with Crippen molar-refractivity contribution in [1.82, 2.24) is 9.13 Å². The van der Waals surface area contributed by atoms with Crippen molar-refractivity contribution in [3.63, 3.8) is 0 Å². The molecule has 0 aliphatic rings. The number of nitrogens with zero attached hydrogens (tertiary/aromatic N) is 4. The highest BCUT2D eigenvalue weighted by Crippen LogP contribution is 2.49. The first kappa shape index (κ1) is 71.2. The monoisotopic (exact) mass is 1550 g/mol. The number of benzene rings is 21. The van der Waals surface area contributed by atoms with E-state index in [-0.39, 0.29) is 0 Å². The third kappa shape index (κ3) is 12.6. The summed E-state index contributed by atoms with van der Waals surface area (Å²) >= 11 is 0. The van der Waals surface area contributed by atoms with Gasteiger partial charge in [0.25, 0.3) is 0 Å². The van der Waals surface area contributed by atoms with Gasteiger partial charge in [-0.1, -0.05) is 340 Å². The number of rotatable bonds is 16. The number of hydrogen-bond donors (Lipinski definition) is 0. The molecule has 0 fully saturated rings. The normalized spacial score (nSPS) is 11.6. The van der Waals surface area contributed by atoms with E-state index in [0.717, 1.165) is 90.0 Å². The van der Waals surface area contributed by atoms with Crippen molar-refractivity contribution in [3.8, 4) is 100 Å². The molecule has 0 saturated heterocycles. The molecule has 0 radical (unpaired) electrons. The molecule has 4 nitrogen and oxygen atoms in total. The Morgan fingerprint density at radius 1 is 0.148 bits per heavy atom. The van der Waals surface area contributed by atoms with Gasteiger partial charge in [-0.25, -0.2) is 0 Å². The van der Waals surface area contributed by atoms with E-state index in [0.29, 0.717) is 0 Å². The fourth-order valence-electron chi connectivity index (χ4n) is 19.1. The van der Waals surface area contributed by atoms with E-state index in [2.05, 4.69) is 492 Å². The van der Waals surface area contributed by atoms with E-state index < -0.39 is 0 Å². The van der Waals surface area contributed by atoms with Crippen LogP contribution in [0.4, 0.5) is 34.1 Å². The molecule has 0 aliphatic heterocycles. The first-order valence-corrected chi connectivity index (χ1v) is 42.0. The zero-order chi connectivity index (χ0) is 80.6. The fraction of sp³-hybridized carbons (Fsp3) is 0. The second kappa shape index (κ2) is 30.1. The van der Waals surface area contributed by atoms with Crippen LogP contribution < -0.4 is 9.80 Å². The van der Waals surface area contributed by atoms with Gasteiger partial charge in [-0.15, -0.1) is 0 Å². The molecule has 4 heteroatoms. The van der Waals surface area contributed by atoms with Gasteiger partial charge in [0.1, 0.15) is 0 Å². The molecule has 0 N–H and O–H groups in total. The van der Waals surface area contributed by atoms with Gasteiger partial charge in [0, 0.05) is 66.9 Å². The third-order valence-corrected chi connectivity index (χ3v) is 24.9. The molecule has 0 bridgehead atoms. The lowest BCUT2D eigenvalue weighted by Gasteiger charge is -2.29. The number of para-hydroxylation sites is 4. The fourth-order valence-corrected chi connectivity index (χ4v) is 19.1. The van der Waals surface area contributed by atoms with Crippen LogP contribution in [0.2, 0.25) is 0 Å². The van der Waals surface area contributed by atoms with Crippen LogP contribution in [0.1, 0.15) is 0 Å². The Morgan fingerprint density at radius 3 is 1.06 bits per heavy atom. The predicted octanol–water partition coefficient (Wildman–Crippen LogP) is 32.8. The minimum absolute atomic E-state index is 1.04. The van der Waals surface area contributed by atoms with Crippen molar-refractivity contribution in [3.05, 3.63) is 473 Å². The maximum absolute atomic E-state index is 2.45. The summed E-state index contributed by atoms with van der Waals surface area (Å²) in [6, 6.07) is 175. The Kier molecular flexibility index (Phi) is 17.6. The van der Waals surface area contributed by atoms with Crippen LogP contribution in [0.15, 0.2) is 473 Å². The molecular formula is C118H78N4. The predicted molar refractivity (Wildman–Crippen MR) is 518 cm³/mol. The lowest BCUT2D eigenvalue weighted by molar-refractivity contribution is 1.17. The smallest absolute Gasteiger partial charge is 0.0541 e. The summed E-state index contributed by atoms with van der Waals surface area (Å²) in [5.74, 6) is 0. The quantitative estimate of drug-likeness (QED) is 0.0897. The maximum Gasteiger partial charge on any atom is 0.0541 e. The highest BCUT2D eigenvalue weighted by molar-refractivity contribution is 6.18. The Morgan fingerprint density at radius 2 is 0.516 bits per heavy atom. The lowest BCUT2D eigenvalue weighted by Crippen LogP contribution is -2.12. The van der Waals surface area contributed by atoms with E-state index in [9.17, 15) is 0 Å². The summed E-state index contributed by atoms with van der Waals surface area (Å²) in [5.41, 5.74) is 31.7. The zero-order valence-electron chi connectivity index (χ0n) is 66.8. The molecule has 21 aromatic carbocycles. The van der Waals surface area contributed by atoms with Crippen LogP contribution >= 0.6 is 0 Å². The number of anilines is 6. The highest BCUT2D eigenvalue weighted by Gasteiger charge is 2.25. The molecule has 23 aromatic rings. The third-order valence-electron chi connectivity index (χ3n) is 24.9. The molecule has 23 rings (SSSR count). The van der Waals surface area contributed by atoms with Gasteiger partial charge in [-0.05, 0) is 260 Å². The van der Waals surface area contributed by atoms with Crippen LogP contribution in [0.25, 0.3) is 187 Å². The van der Waals surface area contributed by atoms with Crippen LogP contribution in [-0.4, -0.2) is 9.13 Å². The van der Waals surface area contributed by atoms with Crippen molar-refractivity contribution in [1.29, 1.82) is 0 Å². The molecule has 2 heterocycles. The largest absolute Gasteiger partial charge is 0.310 e. The minimum Gasteiger partial charge on any atom is -0.310 e. The van der Waals surface area contributed by atoms with E-state index in [1.165, 1.54) is 131 Å². The Labute approximate surface area is 708 Å². The zero-order valence-corrected chi connectivity index (χ0v) is 66.8. The summed E-state index contributed by atoms with van der Waals surface area (Å²) in [4.78, 5) is 4.87. The Hall–Kier alpha value is -16.1. The van der Waals surface area contributed by atoms with Crippen LogP contribution in [-0.2, 0) is 0 Å². The molecule has 0 atom stereocenters. The summed E-state index contributed by atoms with van der Waals surface area (Å²) in [7, 11) is 0. The molecule has 0 saturated carbocycles. The van der Waals surface area contributed by atoms with Gasteiger partial charge in [0.15, 0.2) is 0 Å². The SMILES string of the molecule is c1ccc(-c2cc(-c3ccccc3)cc(-c3ccc(N(c4ccc(-c5c(-c6ccc7ccc8c(-c9ccc(N(c%10cccc(-n%11c%12ccccc%12c%12ccccc%12%11)c%10)c%10ccc(-c%11ccccc%11)cc%10-c%10ccccc%10)cc9)cccc8c7c6)ccc6c5ccc5ccccc56)cc4)c4cccc(-n5c6ccccc6c6ccccc65)c4)cc3)c2)cc1. The van der Waals surface area contributed by atoms with Crippen molar-refractivity contribution >= 4 is 121 Å². The summed E-state index contributed by atoms with van der Waals surface area (Å²) in [6.45, 7) is 0. The van der Waals surface area contributed by atoms with E-state index in [4.69, 9.17) is 0 Å². The average molecular weight is 1550 g/mol. The molecule has 122 heavy (non-hydrogen) atoms. The van der Waals surface area contributed by atoms with Crippen molar-refractivity contribution in [2.24, 2.45) is 0 Å². The first-order valence-electron chi connectivity index (χ1n) is 42.0. The van der Waals surface area contributed by atoms with Gasteiger partial charge in [0.05, 0.1) is 27.8 Å². The molecular weight excluding hydrogens is 1470 g/mol.